The molecule has 5 heteroatoms. The standard InChI is InChI=1S/C8H4FN3S/c1-4-11-8-6(13-4)3-5(9)7(10-2)12-8/h3H,1H3. The summed E-state index contributed by atoms with van der Waals surface area (Å²) >= 11 is 1.37. The van der Waals surface area contributed by atoms with Gasteiger partial charge in [-0.2, -0.15) is 0 Å². The van der Waals surface area contributed by atoms with Crippen molar-refractivity contribution in [3.8, 4) is 0 Å². The molecule has 2 aromatic rings. The molecular formula is C8H4FN3S. The highest BCUT2D eigenvalue weighted by molar-refractivity contribution is 7.18. The van der Waals surface area contributed by atoms with Crippen molar-refractivity contribution in [1.82, 2.24) is 9.97 Å². The molecule has 0 aliphatic rings. The highest BCUT2D eigenvalue weighted by Gasteiger charge is 2.11. The van der Waals surface area contributed by atoms with Gasteiger partial charge < -0.3 is 4.85 Å². The van der Waals surface area contributed by atoms with Crippen LogP contribution < -0.4 is 0 Å². The van der Waals surface area contributed by atoms with Crippen LogP contribution in [0.15, 0.2) is 6.07 Å². The van der Waals surface area contributed by atoms with E-state index in [2.05, 4.69) is 14.8 Å². The van der Waals surface area contributed by atoms with E-state index in [-0.39, 0.29) is 5.82 Å². The van der Waals surface area contributed by atoms with Crippen LogP contribution in [-0.4, -0.2) is 9.97 Å². The van der Waals surface area contributed by atoms with Gasteiger partial charge >= 0.3 is 5.82 Å². The molecule has 2 aromatic heterocycles. The quantitative estimate of drug-likeness (QED) is 0.602. The monoisotopic (exact) mass is 193 g/mol. The maximum Gasteiger partial charge on any atom is 0.307 e. The predicted molar refractivity (Wildman–Crippen MR) is 48.4 cm³/mol. The van der Waals surface area contributed by atoms with E-state index >= 15 is 0 Å². The molecule has 0 bridgehead atoms. The van der Waals surface area contributed by atoms with Gasteiger partial charge in [0.05, 0.1) is 9.71 Å². The number of fused-ring (bicyclic) bond motifs is 1. The van der Waals surface area contributed by atoms with Gasteiger partial charge in [0.2, 0.25) is 0 Å². The Bertz CT molecular complexity index is 512. The van der Waals surface area contributed by atoms with Gasteiger partial charge in [-0.05, 0) is 13.0 Å². The zero-order valence-electron chi connectivity index (χ0n) is 6.71. The second-order valence-corrected chi connectivity index (χ2v) is 3.70. The Morgan fingerprint density at radius 2 is 2.31 bits per heavy atom. The number of pyridine rings is 1. The van der Waals surface area contributed by atoms with E-state index in [0.717, 1.165) is 5.01 Å². The Labute approximate surface area is 77.7 Å². The minimum Gasteiger partial charge on any atom is -0.358 e. The highest BCUT2D eigenvalue weighted by Crippen LogP contribution is 2.25. The Kier molecular flexibility index (Phi) is 1.71. The Morgan fingerprint density at radius 1 is 1.54 bits per heavy atom. The average molecular weight is 193 g/mol. The molecule has 0 aliphatic carbocycles. The minimum atomic E-state index is -0.578. The van der Waals surface area contributed by atoms with E-state index in [1.165, 1.54) is 17.4 Å². The summed E-state index contributed by atoms with van der Waals surface area (Å²) in [5.74, 6) is -0.788. The van der Waals surface area contributed by atoms with E-state index in [4.69, 9.17) is 6.57 Å². The third-order valence-electron chi connectivity index (χ3n) is 1.53. The van der Waals surface area contributed by atoms with Crippen LogP contribution in [0.1, 0.15) is 5.01 Å². The molecule has 64 valence electrons. The summed E-state index contributed by atoms with van der Waals surface area (Å²) in [5, 5.41) is 0.823. The molecule has 3 nitrogen and oxygen atoms in total. The van der Waals surface area contributed by atoms with Crippen molar-refractivity contribution in [2.45, 2.75) is 6.92 Å². The first-order valence-electron chi connectivity index (χ1n) is 3.52. The van der Waals surface area contributed by atoms with Crippen LogP contribution in [0.4, 0.5) is 10.2 Å². The SMILES string of the molecule is [C-]#[N+]c1nc2nc(C)sc2cc1F. The summed E-state index contributed by atoms with van der Waals surface area (Å²) in [6.45, 7) is 8.49. The molecule has 0 fully saturated rings. The van der Waals surface area contributed by atoms with Crippen molar-refractivity contribution in [3.63, 3.8) is 0 Å². The third kappa shape index (κ3) is 1.25. The fraction of sp³-hybridized carbons (Fsp3) is 0.125. The molecule has 0 amide bonds. The van der Waals surface area contributed by atoms with Crippen LogP contribution >= 0.6 is 11.3 Å². The number of nitrogens with zero attached hydrogens (tertiary/aromatic N) is 3. The van der Waals surface area contributed by atoms with E-state index < -0.39 is 5.82 Å². The first kappa shape index (κ1) is 8.08. The molecular weight excluding hydrogens is 189 g/mol. The van der Waals surface area contributed by atoms with Crippen molar-refractivity contribution in [2.75, 3.05) is 0 Å². The lowest BCUT2D eigenvalue weighted by atomic mass is 10.4. The van der Waals surface area contributed by atoms with E-state index in [0.29, 0.717) is 10.3 Å². The van der Waals surface area contributed by atoms with Gasteiger partial charge in [0.25, 0.3) is 5.65 Å². The minimum absolute atomic E-state index is 0.210. The molecule has 0 N–H and O–H groups in total. The van der Waals surface area contributed by atoms with Crippen molar-refractivity contribution < 1.29 is 4.39 Å². The zero-order chi connectivity index (χ0) is 9.42. The van der Waals surface area contributed by atoms with E-state index in [9.17, 15) is 4.39 Å². The largest absolute Gasteiger partial charge is 0.358 e. The van der Waals surface area contributed by atoms with Crippen LogP contribution in [0.3, 0.4) is 0 Å². The molecule has 0 spiro atoms. The number of hydrogen-bond acceptors (Lipinski definition) is 3. The van der Waals surface area contributed by atoms with Crippen LogP contribution in [0.2, 0.25) is 0 Å². The first-order valence-corrected chi connectivity index (χ1v) is 4.33. The lowest BCUT2D eigenvalue weighted by Crippen LogP contribution is -1.81. The molecule has 0 saturated heterocycles. The van der Waals surface area contributed by atoms with Gasteiger partial charge in [0.1, 0.15) is 0 Å². The fourth-order valence-corrected chi connectivity index (χ4v) is 1.81. The van der Waals surface area contributed by atoms with Gasteiger partial charge in [-0.3, -0.25) is 0 Å². The van der Waals surface area contributed by atoms with Crippen molar-refractivity contribution in [1.29, 1.82) is 0 Å². The predicted octanol–water partition coefficient (Wildman–Crippen LogP) is 2.69. The normalized spacial score (nSPS) is 10.2. The summed E-state index contributed by atoms with van der Waals surface area (Å²) in [6, 6.07) is 1.31. The van der Waals surface area contributed by atoms with Gasteiger partial charge in [-0.1, -0.05) is 11.6 Å². The van der Waals surface area contributed by atoms with Gasteiger partial charge in [0, 0.05) is 0 Å². The molecule has 0 aromatic carbocycles. The second kappa shape index (κ2) is 2.75. The van der Waals surface area contributed by atoms with Crippen LogP contribution in [0, 0.1) is 19.3 Å². The summed E-state index contributed by atoms with van der Waals surface area (Å²) in [5.41, 5.74) is 0.454. The third-order valence-corrected chi connectivity index (χ3v) is 2.44. The fourth-order valence-electron chi connectivity index (χ4n) is 1.02. The summed E-state index contributed by atoms with van der Waals surface area (Å²) in [4.78, 5) is 10.8. The second-order valence-electron chi connectivity index (χ2n) is 2.46. The first-order chi connectivity index (χ1) is 6.20. The Balaban J connectivity index is 2.82. The summed E-state index contributed by atoms with van der Waals surface area (Å²) < 4.78 is 13.7. The number of halogens is 1. The lowest BCUT2D eigenvalue weighted by Gasteiger charge is -1.89. The maximum atomic E-state index is 13.0. The lowest BCUT2D eigenvalue weighted by molar-refractivity contribution is 0.631. The van der Waals surface area contributed by atoms with E-state index in [1.807, 2.05) is 6.92 Å². The van der Waals surface area contributed by atoms with Crippen LogP contribution in [0.25, 0.3) is 15.2 Å². The highest BCUT2D eigenvalue weighted by atomic mass is 32.1. The number of aromatic nitrogens is 2. The van der Waals surface area contributed by atoms with Crippen LogP contribution in [-0.2, 0) is 0 Å². The number of aryl methyl sites for hydroxylation is 1. The number of rotatable bonds is 0. The molecule has 13 heavy (non-hydrogen) atoms. The van der Waals surface area contributed by atoms with Gasteiger partial charge in [-0.15, -0.1) is 11.3 Å². The Hall–Kier alpha value is -1.54. The molecule has 2 heterocycles. The van der Waals surface area contributed by atoms with Crippen molar-refractivity contribution in [3.05, 3.63) is 28.3 Å². The van der Waals surface area contributed by atoms with Gasteiger partial charge in [0.15, 0.2) is 5.82 Å². The number of hydrogen-bond donors (Lipinski definition) is 0. The van der Waals surface area contributed by atoms with Crippen molar-refractivity contribution >= 4 is 27.5 Å². The summed E-state index contributed by atoms with van der Waals surface area (Å²) in [6.07, 6.45) is 0. The maximum absolute atomic E-state index is 13.0. The average Bonchev–Trinajstić information content (AvgIpc) is 2.42. The molecule has 0 atom stereocenters. The molecule has 0 aliphatic heterocycles. The van der Waals surface area contributed by atoms with Crippen LogP contribution in [0.5, 0.6) is 0 Å². The smallest absolute Gasteiger partial charge is 0.307 e. The van der Waals surface area contributed by atoms with E-state index in [1.54, 1.807) is 0 Å². The number of thiazole rings is 1. The summed E-state index contributed by atoms with van der Waals surface area (Å²) in [7, 11) is 0. The van der Waals surface area contributed by atoms with Crippen molar-refractivity contribution in [2.24, 2.45) is 0 Å². The molecule has 0 saturated carbocycles. The molecule has 0 unspecified atom stereocenters. The topological polar surface area (TPSA) is 30.1 Å². The van der Waals surface area contributed by atoms with Gasteiger partial charge in [-0.25, -0.2) is 9.37 Å². The Morgan fingerprint density at radius 3 is 3.00 bits per heavy atom. The molecule has 2 rings (SSSR count). The molecule has 0 radical (unpaired) electrons. The zero-order valence-corrected chi connectivity index (χ0v) is 7.52.